The zero-order valence-electron chi connectivity index (χ0n) is 10.9. The first-order chi connectivity index (χ1) is 9.63. The summed E-state index contributed by atoms with van der Waals surface area (Å²) in [6, 6.07) is 7.97. The van der Waals surface area contributed by atoms with Gasteiger partial charge in [-0.05, 0) is 18.6 Å². The molecular formula is C13H16N2O4S. The summed E-state index contributed by atoms with van der Waals surface area (Å²) >= 11 is 0. The fourth-order valence-corrected chi connectivity index (χ4v) is 3.09. The van der Waals surface area contributed by atoms with Gasteiger partial charge >= 0.3 is 0 Å². The minimum Gasteiger partial charge on any atom is -0.353 e. The van der Waals surface area contributed by atoms with E-state index in [-0.39, 0.29) is 23.3 Å². The molecule has 0 aliphatic carbocycles. The van der Waals surface area contributed by atoms with Crippen molar-refractivity contribution in [2.45, 2.75) is 24.0 Å². The summed E-state index contributed by atoms with van der Waals surface area (Å²) in [5.41, 5.74) is 0.130. The van der Waals surface area contributed by atoms with Crippen LogP contribution < -0.4 is 4.72 Å². The highest BCUT2D eigenvalue weighted by Gasteiger charge is 2.19. The molecule has 1 aromatic rings. The summed E-state index contributed by atoms with van der Waals surface area (Å²) in [6.45, 7) is 1.47. The van der Waals surface area contributed by atoms with Gasteiger partial charge in [0.05, 0.1) is 23.7 Å². The number of benzene rings is 1. The molecule has 0 aromatic heterocycles. The monoisotopic (exact) mass is 296 g/mol. The van der Waals surface area contributed by atoms with Gasteiger partial charge in [-0.2, -0.15) is 5.26 Å². The fraction of sp³-hybridized carbons (Fsp3) is 0.462. The average Bonchev–Trinajstić information content (AvgIpc) is 2.48. The molecule has 0 saturated carbocycles. The van der Waals surface area contributed by atoms with Crippen LogP contribution in [0.4, 0.5) is 0 Å². The van der Waals surface area contributed by atoms with Crippen molar-refractivity contribution in [3.05, 3.63) is 29.8 Å². The van der Waals surface area contributed by atoms with Gasteiger partial charge in [0, 0.05) is 13.0 Å². The van der Waals surface area contributed by atoms with Crippen LogP contribution in [0.5, 0.6) is 0 Å². The maximum atomic E-state index is 12.1. The highest BCUT2D eigenvalue weighted by atomic mass is 32.2. The number of nitrogens with one attached hydrogen (secondary N) is 1. The Morgan fingerprint density at radius 1 is 1.30 bits per heavy atom. The van der Waals surface area contributed by atoms with Crippen LogP contribution in [0.25, 0.3) is 0 Å². The molecule has 6 nitrogen and oxygen atoms in total. The van der Waals surface area contributed by atoms with Gasteiger partial charge in [-0.15, -0.1) is 0 Å². The minimum absolute atomic E-state index is 0.00650. The summed E-state index contributed by atoms with van der Waals surface area (Å²) in [5.74, 6) is 0. The van der Waals surface area contributed by atoms with Crippen LogP contribution >= 0.6 is 0 Å². The zero-order valence-corrected chi connectivity index (χ0v) is 11.7. The summed E-state index contributed by atoms with van der Waals surface area (Å²) in [7, 11) is -3.69. The average molecular weight is 296 g/mol. The van der Waals surface area contributed by atoms with Crippen LogP contribution in [0.1, 0.15) is 18.4 Å². The van der Waals surface area contributed by atoms with Gasteiger partial charge in [-0.1, -0.05) is 12.1 Å². The molecule has 1 N–H and O–H groups in total. The van der Waals surface area contributed by atoms with Crippen LogP contribution in [0.15, 0.2) is 29.2 Å². The van der Waals surface area contributed by atoms with Crippen molar-refractivity contribution in [3.8, 4) is 6.07 Å². The second kappa shape index (κ2) is 6.81. The highest BCUT2D eigenvalue weighted by molar-refractivity contribution is 7.89. The van der Waals surface area contributed by atoms with Crippen molar-refractivity contribution < 1.29 is 17.9 Å². The van der Waals surface area contributed by atoms with Gasteiger partial charge in [0.25, 0.3) is 0 Å². The van der Waals surface area contributed by atoms with Crippen molar-refractivity contribution in [2.75, 3.05) is 19.8 Å². The van der Waals surface area contributed by atoms with Crippen LogP contribution in [0, 0.1) is 11.3 Å². The Bertz CT molecular complexity index is 589. The summed E-state index contributed by atoms with van der Waals surface area (Å²) < 4.78 is 37.3. The maximum Gasteiger partial charge on any atom is 0.241 e. The lowest BCUT2D eigenvalue weighted by Crippen LogP contribution is -2.32. The topological polar surface area (TPSA) is 88.4 Å². The Morgan fingerprint density at radius 3 is 2.70 bits per heavy atom. The highest BCUT2D eigenvalue weighted by Crippen LogP contribution is 2.14. The van der Waals surface area contributed by atoms with E-state index in [1.54, 1.807) is 12.1 Å². The smallest absolute Gasteiger partial charge is 0.241 e. The van der Waals surface area contributed by atoms with Gasteiger partial charge in [-0.25, -0.2) is 13.1 Å². The van der Waals surface area contributed by atoms with Crippen molar-refractivity contribution in [1.82, 2.24) is 4.72 Å². The van der Waals surface area contributed by atoms with Gasteiger partial charge in [0.2, 0.25) is 10.0 Å². The van der Waals surface area contributed by atoms with Gasteiger partial charge < -0.3 is 9.47 Å². The molecule has 1 aliphatic rings. The Hall–Kier alpha value is -1.46. The zero-order chi connectivity index (χ0) is 14.4. The molecule has 0 atom stereocenters. The molecule has 2 rings (SSSR count). The summed E-state index contributed by atoms with van der Waals surface area (Å²) in [4.78, 5) is -0.00650. The third-order valence-corrected chi connectivity index (χ3v) is 4.38. The molecule has 1 heterocycles. The lowest BCUT2D eigenvalue weighted by atomic mass is 10.2. The summed E-state index contributed by atoms with van der Waals surface area (Å²) in [5, 5.41) is 8.93. The van der Waals surface area contributed by atoms with Crippen molar-refractivity contribution in [2.24, 2.45) is 0 Å². The molecule has 7 heteroatoms. The van der Waals surface area contributed by atoms with E-state index in [1.165, 1.54) is 12.1 Å². The molecule has 1 aliphatic heterocycles. The first-order valence-corrected chi connectivity index (χ1v) is 7.84. The molecule has 0 amide bonds. The lowest BCUT2D eigenvalue weighted by molar-refractivity contribution is -0.180. The number of sulfonamides is 1. The quantitative estimate of drug-likeness (QED) is 0.875. The molecule has 0 bridgehead atoms. The second-order valence-electron chi connectivity index (χ2n) is 4.32. The minimum atomic E-state index is -3.69. The van der Waals surface area contributed by atoms with E-state index in [0.717, 1.165) is 6.42 Å². The molecule has 1 fully saturated rings. The predicted octanol–water partition coefficient (Wildman–Crippen LogP) is 0.990. The third kappa shape index (κ3) is 3.77. The molecule has 0 spiro atoms. The van der Waals surface area contributed by atoms with E-state index < -0.39 is 10.0 Å². The van der Waals surface area contributed by atoms with Gasteiger partial charge in [0.1, 0.15) is 6.07 Å². The normalized spacial score (nSPS) is 16.8. The largest absolute Gasteiger partial charge is 0.353 e. The number of rotatable bonds is 5. The molecule has 1 saturated heterocycles. The van der Waals surface area contributed by atoms with Crippen LogP contribution in [-0.2, 0) is 19.5 Å². The number of nitriles is 1. The van der Waals surface area contributed by atoms with E-state index in [2.05, 4.69) is 4.72 Å². The predicted molar refractivity (Wildman–Crippen MR) is 71.3 cm³/mol. The first-order valence-electron chi connectivity index (χ1n) is 6.35. The number of ether oxygens (including phenoxy) is 2. The van der Waals surface area contributed by atoms with Crippen LogP contribution in [0.3, 0.4) is 0 Å². The fourth-order valence-electron chi connectivity index (χ4n) is 1.89. The van der Waals surface area contributed by atoms with E-state index in [0.29, 0.717) is 19.6 Å². The Balaban J connectivity index is 1.95. The molecule has 0 unspecified atom stereocenters. The number of nitrogens with zero attached hydrogens (tertiary/aromatic N) is 1. The SMILES string of the molecule is N#Cc1ccccc1S(=O)(=O)NCCC1OCCCO1. The van der Waals surface area contributed by atoms with E-state index in [1.807, 2.05) is 6.07 Å². The van der Waals surface area contributed by atoms with E-state index in [4.69, 9.17) is 14.7 Å². The molecular weight excluding hydrogens is 280 g/mol. The van der Waals surface area contributed by atoms with E-state index >= 15 is 0 Å². The third-order valence-electron chi connectivity index (χ3n) is 2.87. The molecule has 20 heavy (non-hydrogen) atoms. The maximum absolute atomic E-state index is 12.1. The Labute approximate surface area is 118 Å². The van der Waals surface area contributed by atoms with E-state index in [9.17, 15) is 8.42 Å². The number of hydrogen-bond acceptors (Lipinski definition) is 5. The standard InChI is InChI=1S/C13H16N2O4S/c14-10-11-4-1-2-5-12(11)20(16,17)15-7-6-13-18-8-3-9-19-13/h1-2,4-5,13,15H,3,6-9H2. The Kier molecular flexibility index (Phi) is 5.09. The molecule has 0 radical (unpaired) electrons. The molecule has 1 aromatic carbocycles. The van der Waals surface area contributed by atoms with Crippen molar-refractivity contribution >= 4 is 10.0 Å². The van der Waals surface area contributed by atoms with Crippen LogP contribution in [-0.4, -0.2) is 34.5 Å². The lowest BCUT2D eigenvalue weighted by Gasteiger charge is -2.23. The Morgan fingerprint density at radius 2 is 2.00 bits per heavy atom. The van der Waals surface area contributed by atoms with Gasteiger partial charge in [0.15, 0.2) is 6.29 Å². The second-order valence-corrected chi connectivity index (χ2v) is 6.05. The van der Waals surface area contributed by atoms with Crippen molar-refractivity contribution in [1.29, 1.82) is 5.26 Å². The molecule has 108 valence electrons. The summed E-state index contributed by atoms with van der Waals surface area (Å²) in [6.07, 6.45) is 0.934. The van der Waals surface area contributed by atoms with Crippen molar-refractivity contribution in [3.63, 3.8) is 0 Å². The van der Waals surface area contributed by atoms with Gasteiger partial charge in [-0.3, -0.25) is 0 Å². The first kappa shape index (κ1) is 14.9. The number of hydrogen-bond donors (Lipinski definition) is 1. The van der Waals surface area contributed by atoms with Crippen LogP contribution in [0.2, 0.25) is 0 Å².